The Hall–Kier alpha value is -0.940. The molecule has 1 N–H and O–H groups in total. The fourth-order valence-corrected chi connectivity index (χ4v) is 3.67. The van der Waals surface area contributed by atoms with Gasteiger partial charge in [-0.25, -0.2) is 0 Å². The molecule has 2 fully saturated rings. The summed E-state index contributed by atoms with van der Waals surface area (Å²) < 4.78 is 11.6. The zero-order valence-corrected chi connectivity index (χ0v) is 13.1. The number of nitrogens with zero attached hydrogens (tertiary/aromatic N) is 2. The van der Waals surface area contributed by atoms with Crippen molar-refractivity contribution in [3.05, 3.63) is 11.7 Å². The summed E-state index contributed by atoms with van der Waals surface area (Å²) in [6.07, 6.45) is 9.08. The number of ether oxygens (including phenoxy) is 1. The minimum Gasteiger partial charge on any atom is -0.367 e. The van der Waals surface area contributed by atoms with E-state index in [4.69, 9.17) is 14.2 Å². The third kappa shape index (κ3) is 3.46. The monoisotopic (exact) mass is 293 g/mol. The highest BCUT2D eigenvalue weighted by molar-refractivity contribution is 5.03. The minimum absolute atomic E-state index is 0.305. The molecule has 0 spiro atoms. The van der Waals surface area contributed by atoms with E-state index in [2.05, 4.69) is 17.4 Å². The number of hydrogen-bond donors (Lipinski definition) is 1. The largest absolute Gasteiger partial charge is 0.367 e. The normalized spacial score (nSPS) is 25.9. The molecule has 1 aliphatic carbocycles. The molecule has 1 aromatic rings. The van der Waals surface area contributed by atoms with Gasteiger partial charge in [-0.2, -0.15) is 4.98 Å². The number of hydrogen-bond acceptors (Lipinski definition) is 5. The van der Waals surface area contributed by atoms with E-state index in [1.54, 1.807) is 0 Å². The minimum atomic E-state index is -0.305. The average Bonchev–Trinajstić information content (AvgIpc) is 3.10. The SMILES string of the molecule is CCOC1(c2noc(CC3CCNC3)n2)CCCCCC1. The van der Waals surface area contributed by atoms with Crippen molar-refractivity contribution in [3.8, 4) is 0 Å². The zero-order chi connectivity index (χ0) is 14.5. The first-order valence-corrected chi connectivity index (χ1v) is 8.50. The molecule has 0 amide bonds. The van der Waals surface area contributed by atoms with E-state index in [1.807, 2.05) is 0 Å². The summed E-state index contributed by atoms with van der Waals surface area (Å²) in [5.41, 5.74) is -0.305. The molecule has 1 aromatic heterocycles. The van der Waals surface area contributed by atoms with E-state index in [0.717, 1.165) is 44.1 Å². The van der Waals surface area contributed by atoms with E-state index in [0.29, 0.717) is 12.5 Å². The first kappa shape index (κ1) is 15.0. The molecule has 21 heavy (non-hydrogen) atoms. The van der Waals surface area contributed by atoms with Crippen molar-refractivity contribution in [2.24, 2.45) is 5.92 Å². The Balaban J connectivity index is 1.74. The van der Waals surface area contributed by atoms with E-state index in [1.165, 1.54) is 32.1 Å². The van der Waals surface area contributed by atoms with Crippen molar-refractivity contribution in [1.29, 1.82) is 0 Å². The maximum atomic E-state index is 6.12. The van der Waals surface area contributed by atoms with Crippen LogP contribution in [0.15, 0.2) is 4.52 Å². The fourth-order valence-electron chi connectivity index (χ4n) is 3.67. The van der Waals surface area contributed by atoms with Crippen LogP contribution in [-0.4, -0.2) is 29.8 Å². The highest BCUT2D eigenvalue weighted by Gasteiger charge is 2.38. The molecule has 1 unspecified atom stereocenters. The van der Waals surface area contributed by atoms with Crippen molar-refractivity contribution >= 4 is 0 Å². The molecular weight excluding hydrogens is 266 g/mol. The lowest BCUT2D eigenvalue weighted by atomic mass is 9.93. The Bertz CT molecular complexity index is 432. The van der Waals surface area contributed by atoms with Crippen LogP contribution < -0.4 is 5.32 Å². The molecule has 1 saturated carbocycles. The van der Waals surface area contributed by atoms with Gasteiger partial charge < -0.3 is 14.6 Å². The van der Waals surface area contributed by atoms with Crippen LogP contribution in [0.2, 0.25) is 0 Å². The quantitative estimate of drug-likeness (QED) is 0.846. The predicted octanol–water partition coefficient (Wildman–Crippen LogP) is 2.81. The summed E-state index contributed by atoms with van der Waals surface area (Å²) >= 11 is 0. The van der Waals surface area contributed by atoms with Crippen LogP contribution in [0.5, 0.6) is 0 Å². The summed E-state index contributed by atoms with van der Waals surface area (Å²) in [4.78, 5) is 4.70. The molecule has 0 radical (unpaired) electrons. The summed E-state index contributed by atoms with van der Waals surface area (Å²) in [6, 6.07) is 0. The first-order valence-electron chi connectivity index (χ1n) is 8.50. The van der Waals surface area contributed by atoms with E-state index < -0.39 is 0 Å². The number of nitrogens with one attached hydrogen (secondary N) is 1. The van der Waals surface area contributed by atoms with Gasteiger partial charge in [-0.05, 0) is 45.2 Å². The number of rotatable bonds is 5. The molecular formula is C16H27N3O2. The van der Waals surface area contributed by atoms with Crippen molar-refractivity contribution in [2.75, 3.05) is 19.7 Å². The van der Waals surface area contributed by atoms with Gasteiger partial charge in [0.15, 0.2) is 0 Å². The number of aromatic nitrogens is 2. The third-order valence-corrected chi connectivity index (χ3v) is 4.83. The van der Waals surface area contributed by atoms with Crippen LogP contribution >= 0.6 is 0 Å². The molecule has 3 rings (SSSR count). The van der Waals surface area contributed by atoms with Gasteiger partial charge in [-0.15, -0.1) is 0 Å². The molecule has 1 aliphatic heterocycles. The Kier molecular flexibility index (Phi) is 4.91. The molecule has 118 valence electrons. The van der Waals surface area contributed by atoms with Gasteiger partial charge in [0.1, 0.15) is 5.60 Å². The molecule has 5 heteroatoms. The van der Waals surface area contributed by atoms with Crippen molar-refractivity contribution in [1.82, 2.24) is 15.5 Å². The van der Waals surface area contributed by atoms with Crippen LogP contribution in [0.1, 0.15) is 63.6 Å². The fraction of sp³-hybridized carbons (Fsp3) is 0.875. The second-order valence-corrected chi connectivity index (χ2v) is 6.42. The maximum Gasteiger partial charge on any atom is 0.227 e. The van der Waals surface area contributed by atoms with Crippen LogP contribution in [-0.2, 0) is 16.8 Å². The van der Waals surface area contributed by atoms with Crippen LogP contribution in [0.3, 0.4) is 0 Å². The summed E-state index contributed by atoms with van der Waals surface area (Å²) in [5, 5.41) is 7.67. The Morgan fingerprint density at radius 1 is 1.29 bits per heavy atom. The lowest BCUT2D eigenvalue weighted by Crippen LogP contribution is -2.30. The van der Waals surface area contributed by atoms with Gasteiger partial charge in [0, 0.05) is 13.0 Å². The van der Waals surface area contributed by atoms with Crippen molar-refractivity contribution in [3.63, 3.8) is 0 Å². The predicted molar refractivity (Wildman–Crippen MR) is 80.0 cm³/mol. The standard InChI is InChI=1S/C16H27N3O2/c1-2-20-16(8-5-3-4-6-9-16)15-18-14(21-19-15)11-13-7-10-17-12-13/h13,17H,2-12H2,1H3. The summed E-state index contributed by atoms with van der Waals surface area (Å²) in [7, 11) is 0. The highest BCUT2D eigenvalue weighted by Crippen LogP contribution is 2.38. The molecule has 0 aromatic carbocycles. The van der Waals surface area contributed by atoms with E-state index in [-0.39, 0.29) is 5.60 Å². The zero-order valence-electron chi connectivity index (χ0n) is 13.1. The van der Waals surface area contributed by atoms with Crippen LogP contribution in [0.25, 0.3) is 0 Å². The summed E-state index contributed by atoms with van der Waals surface area (Å²) in [5.74, 6) is 2.20. The van der Waals surface area contributed by atoms with Crippen molar-refractivity contribution < 1.29 is 9.26 Å². The Labute approximate surface area is 126 Å². The van der Waals surface area contributed by atoms with E-state index >= 15 is 0 Å². The summed E-state index contributed by atoms with van der Waals surface area (Å²) in [6.45, 7) is 4.93. The second-order valence-electron chi connectivity index (χ2n) is 6.42. The lowest BCUT2D eigenvalue weighted by molar-refractivity contribution is -0.0636. The van der Waals surface area contributed by atoms with Crippen LogP contribution in [0, 0.1) is 5.92 Å². The van der Waals surface area contributed by atoms with Crippen molar-refractivity contribution in [2.45, 2.75) is 63.9 Å². The lowest BCUT2D eigenvalue weighted by Gasteiger charge is -2.29. The van der Waals surface area contributed by atoms with Gasteiger partial charge in [0.2, 0.25) is 11.7 Å². The van der Waals surface area contributed by atoms with Gasteiger partial charge >= 0.3 is 0 Å². The molecule has 1 atom stereocenters. The molecule has 5 nitrogen and oxygen atoms in total. The van der Waals surface area contributed by atoms with Gasteiger partial charge in [0.25, 0.3) is 0 Å². The molecule has 1 saturated heterocycles. The Morgan fingerprint density at radius 3 is 2.76 bits per heavy atom. The topological polar surface area (TPSA) is 60.2 Å². The van der Waals surface area contributed by atoms with Crippen LogP contribution in [0.4, 0.5) is 0 Å². The van der Waals surface area contributed by atoms with Gasteiger partial charge in [-0.1, -0.05) is 30.8 Å². The molecule has 2 aliphatic rings. The smallest absolute Gasteiger partial charge is 0.227 e. The first-order chi connectivity index (χ1) is 10.3. The average molecular weight is 293 g/mol. The molecule has 0 bridgehead atoms. The second kappa shape index (κ2) is 6.88. The van der Waals surface area contributed by atoms with Gasteiger partial charge in [-0.3, -0.25) is 0 Å². The van der Waals surface area contributed by atoms with E-state index in [9.17, 15) is 0 Å². The Morgan fingerprint density at radius 2 is 2.10 bits per heavy atom. The maximum absolute atomic E-state index is 6.12. The highest BCUT2D eigenvalue weighted by atomic mass is 16.5. The third-order valence-electron chi connectivity index (χ3n) is 4.83. The molecule has 2 heterocycles. The van der Waals surface area contributed by atoms with Gasteiger partial charge in [0.05, 0.1) is 0 Å².